The Kier molecular flexibility index (Phi) is 62.9. The maximum absolute atomic E-state index is 10.9. The van der Waals surface area contributed by atoms with Crippen LogP contribution in [0.3, 0.4) is 0 Å². The summed E-state index contributed by atoms with van der Waals surface area (Å²) < 4.78 is 33.4. The third kappa shape index (κ3) is 57.9. The van der Waals surface area contributed by atoms with Crippen LogP contribution in [0.15, 0.2) is 30.3 Å². The predicted octanol–water partition coefficient (Wildman–Crippen LogP) is -5.50. The number of aliphatic hydroxyl groups is 4. The predicted molar refractivity (Wildman–Crippen MR) is 366 cm³/mol. The second-order valence-corrected chi connectivity index (χ2v) is 24.1. The van der Waals surface area contributed by atoms with Crippen molar-refractivity contribution in [3.05, 3.63) is 35.9 Å². The number of morpholine rings is 1. The molecule has 1 aromatic rings. The molecule has 9 aliphatic rings. The van der Waals surface area contributed by atoms with Crippen LogP contribution in [0.2, 0.25) is 0 Å². The molecule has 0 radical (unpaired) electrons. The number of hydrogen-bond acceptors (Lipinski definition) is 25. The molecule has 2 amide bonds. The molecule has 90 heavy (non-hydrogen) atoms. The number of nitrogens with one attached hydrogen (secondary N) is 11. The van der Waals surface area contributed by atoms with Crippen molar-refractivity contribution in [1.82, 2.24) is 92.2 Å². The third-order valence-corrected chi connectivity index (χ3v) is 15.8. The van der Waals surface area contributed by atoms with E-state index in [0.717, 1.165) is 236 Å². The number of piperazine rings is 8. The summed E-state index contributed by atoms with van der Waals surface area (Å²) in [5.41, 5.74) is 1.42. The van der Waals surface area contributed by atoms with Crippen LogP contribution in [0.5, 0.6) is 0 Å². The first-order valence-electron chi connectivity index (χ1n) is 33.4. The van der Waals surface area contributed by atoms with E-state index < -0.39 is 10.0 Å². The maximum Gasteiger partial charge on any atom is 0.219 e. The van der Waals surface area contributed by atoms with Gasteiger partial charge in [-0.2, -0.15) is 4.31 Å². The average molecular weight is 1310 g/mol. The molecule has 9 saturated heterocycles. The van der Waals surface area contributed by atoms with Gasteiger partial charge in [-0.15, -0.1) is 0 Å². The van der Waals surface area contributed by atoms with Gasteiger partial charge in [-0.05, 0) is 26.0 Å². The number of ether oxygens (including phenoxy) is 2. The van der Waals surface area contributed by atoms with Gasteiger partial charge in [-0.1, -0.05) is 30.3 Å². The number of carbonyl (C=O) groups excluding carboxylic acids is 2. The Morgan fingerprint density at radius 3 is 1.17 bits per heavy atom. The van der Waals surface area contributed by atoms with Crippen LogP contribution < -0.4 is 58.5 Å². The first kappa shape index (κ1) is 87.2. The van der Waals surface area contributed by atoms with Gasteiger partial charge < -0.3 is 103 Å². The van der Waals surface area contributed by atoms with E-state index in [0.29, 0.717) is 32.9 Å². The number of likely N-dealkylation sites (N-methyl/N-ethyl adjacent to an activating group) is 1. The fourth-order valence-electron chi connectivity index (χ4n) is 9.16. The van der Waals surface area contributed by atoms with Gasteiger partial charge in [0.25, 0.3) is 0 Å². The molecule has 28 nitrogen and oxygen atoms in total. The number of carbonyl (C=O) groups is 2. The minimum absolute atomic E-state index is 0.00463. The molecule has 0 atom stereocenters. The van der Waals surface area contributed by atoms with Gasteiger partial charge >= 0.3 is 0 Å². The van der Waals surface area contributed by atoms with Crippen molar-refractivity contribution in [3.8, 4) is 0 Å². The van der Waals surface area contributed by atoms with E-state index in [-0.39, 0.29) is 25.0 Å². The van der Waals surface area contributed by atoms with Crippen LogP contribution in [0.25, 0.3) is 0 Å². The van der Waals surface area contributed by atoms with Crippen LogP contribution in [0.4, 0.5) is 0 Å². The van der Waals surface area contributed by atoms with Gasteiger partial charge in [-0.3, -0.25) is 24.3 Å². The van der Waals surface area contributed by atoms with Gasteiger partial charge in [-0.25, -0.2) is 8.42 Å². The second kappa shape index (κ2) is 64.9. The first-order chi connectivity index (χ1) is 43.7. The monoisotopic (exact) mass is 1310 g/mol. The molecule has 0 unspecified atom stereocenters. The number of nitrogens with zero attached hydrogens (tertiary/aromatic N) is 7. The van der Waals surface area contributed by atoms with Crippen LogP contribution in [-0.2, 0) is 35.6 Å². The van der Waals surface area contributed by atoms with E-state index in [9.17, 15) is 18.0 Å². The van der Waals surface area contributed by atoms with Crippen molar-refractivity contribution >= 4 is 21.8 Å². The molecule has 1 aromatic carbocycles. The molecule has 0 aliphatic carbocycles. The molecule has 10 rings (SSSR count). The standard InChI is InChI=1S/C11H16N2.C8H18N2O2.C7H16N2O.C6H12N2O.C6H14N2O.C5H12N2O2S.C5H12N2.C4H10N2.C4H9NO.C3H7NO.C2H6O/c1-2-4-11(5-3-1)10-13-8-6-12-7-9-13;11-6-8-12-7-5-10-3-1-9-2-4-10;10-7-1-4-9-5-2-8-3-6-9;1-6(9)8-4-2-7-3-5-8;9-6-5-8-3-1-7-2-4-8;1-10(8,9)7-4-2-6-3-5-7;1-7-4-2-6-3-5-7;1-2-6-4-3-5-1;1-3-6-4-2-5-1;1-3(5)4-2;1-2-3/h1-5,12H,6-10H2;9,11H,1-8H2;8,10H,1-7H2;7H,2-5H2,1H3;7,9H,1-6H2;6H,2-5H2,1H3;6H,2-5H2,1H3;5-6H,1-4H2;5H,1-4H2;1-2H3,(H,4,5);3H,2H2,1H3. The number of sulfonamides is 1. The lowest BCUT2D eigenvalue weighted by Gasteiger charge is -2.27. The summed E-state index contributed by atoms with van der Waals surface area (Å²) in [4.78, 5) is 34.1. The number of β-amino-alcohol motifs (C(OH)–C–C–N with tert-alkyl or cyclic N) is 1. The van der Waals surface area contributed by atoms with Crippen LogP contribution in [0, 0.1) is 0 Å². The quantitative estimate of drug-likeness (QED) is 0.0820. The average Bonchev–Trinajstić information content (AvgIpc) is 3.70. The topological polar surface area (TPSA) is 323 Å². The SMILES string of the molecule is C1CNCCN1.C1COCCN1.CC(=O)N1CCNCC1.CCO.CN1CCNCC1.CNC(C)=O.CS(=O)(=O)N1CCNCC1.OCCCN1CCNCC1.OCCN1CCNCC1.OCCOCCN1CCNCC1.c1ccc(CN2CCNCC2)cc1. The number of benzene rings is 1. The van der Waals surface area contributed by atoms with Crippen molar-refractivity contribution in [1.29, 1.82) is 0 Å². The molecule has 29 heteroatoms. The molecule has 0 aromatic heterocycles. The summed E-state index contributed by atoms with van der Waals surface area (Å²) in [6.45, 7) is 48.3. The Morgan fingerprint density at radius 1 is 0.500 bits per heavy atom. The molecule has 9 fully saturated rings. The molecule has 0 spiro atoms. The molecule has 9 aliphatic heterocycles. The zero-order valence-corrected chi connectivity index (χ0v) is 57.7. The Morgan fingerprint density at radius 2 is 0.867 bits per heavy atom. The smallest absolute Gasteiger partial charge is 0.219 e. The van der Waals surface area contributed by atoms with Crippen LogP contribution in [-0.4, -0.2) is 390 Å². The highest BCUT2D eigenvalue weighted by molar-refractivity contribution is 7.88. The van der Waals surface area contributed by atoms with Crippen molar-refractivity contribution < 1.29 is 47.9 Å². The largest absolute Gasteiger partial charge is 0.397 e. The number of aliphatic hydroxyl groups excluding tert-OH is 4. The molecular weight excluding hydrogens is 1180 g/mol. The van der Waals surface area contributed by atoms with Gasteiger partial charge in [0.15, 0.2) is 0 Å². The zero-order valence-electron chi connectivity index (χ0n) is 56.9. The Balaban J connectivity index is 0.000000984. The van der Waals surface area contributed by atoms with Crippen molar-refractivity contribution in [2.24, 2.45) is 0 Å². The summed E-state index contributed by atoms with van der Waals surface area (Å²) in [6.07, 6.45) is 2.16. The van der Waals surface area contributed by atoms with E-state index in [1.54, 1.807) is 20.9 Å². The molecule has 0 bridgehead atoms. The van der Waals surface area contributed by atoms with Gasteiger partial charge in [0.2, 0.25) is 21.8 Å². The molecular formula is C61H132N18O10S. The summed E-state index contributed by atoms with van der Waals surface area (Å²) >= 11 is 0. The normalized spacial score (nSPS) is 20.2. The van der Waals surface area contributed by atoms with E-state index in [4.69, 9.17) is 29.9 Å². The molecule has 0 saturated carbocycles. The van der Waals surface area contributed by atoms with E-state index in [2.05, 4.69) is 120 Å². The summed E-state index contributed by atoms with van der Waals surface area (Å²) in [7, 11) is 0.821. The fourth-order valence-corrected chi connectivity index (χ4v) is 10.0. The third-order valence-electron chi connectivity index (χ3n) is 14.5. The van der Waals surface area contributed by atoms with Gasteiger partial charge in [0, 0.05) is 283 Å². The van der Waals surface area contributed by atoms with Gasteiger partial charge in [0.05, 0.1) is 45.9 Å². The fraction of sp³-hybridized carbons (Fsp3) is 0.869. The maximum atomic E-state index is 10.9. The van der Waals surface area contributed by atoms with E-state index >= 15 is 0 Å². The first-order valence-corrected chi connectivity index (χ1v) is 35.3. The molecule has 532 valence electrons. The molecule has 15 N–H and O–H groups in total. The Bertz CT molecular complexity index is 1730. The number of rotatable bonds is 13. The minimum Gasteiger partial charge on any atom is -0.397 e. The van der Waals surface area contributed by atoms with E-state index in [1.165, 1.54) is 49.2 Å². The minimum atomic E-state index is -2.93. The second-order valence-electron chi connectivity index (χ2n) is 22.1. The Labute approximate surface area is 544 Å². The lowest BCUT2D eigenvalue weighted by Crippen LogP contribution is -2.45. The highest BCUT2D eigenvalue weighted by Gasteiger charge is 2.18. The molecule has 9 heterocycles. The Hall–Kier alpha value is -2.77. The lowest BCUT2D eigenvalue weighted by atomic mass is 10.2. The highest BCUT2D eigenvalue weighted by Crippen LogP contribution is 2.05. The van der Waals surface area contributed by atoms with Crippen LogP contribution >= 0.6 is 0 Å². The zero-order chi connectivity index (χ0) is 66.2. The lowest BCUT2D eigenvalue weighted by molar-refractivity contribution is -0.129. The van der Waals surface area contributed by atoms with Crippen LogP contribution in [0.1, 0.15) is 32.8 Å². The number of hydrogen-bond donors (Lipinski definition) is 15. The van der Waals surface area contributed by atoms with Crippen molar-refractivity contribution in [2.75, 3.05) is 315 Å². The highest BCUT2D eigenvalue weighted by atomic mass is 32.2. The summed E-state index contributed by atoms with van der Waals surface area (Å²) in [6, 6.07) is 10.7. The summed E-state index contributed by atoms with van der Waals surface area (Å²) in [5, 5.41) is 67.8. The van der Waals surface area contributed by atoms with Crippen molar-refractivity contribution in [2.45, 2.75) is 33.7 Å². The van der Waals surface area contributed by atoms with E-state index in [1.807, 2.05) is 4.90 Å². The van der Waals surface area contributed by atoms with Crippen molar-refractivity contribution in [3.63, 3.8) is 0 Å². The van der Waals surface area contributed by atoms with Gasteiger partial charge in [0.1, 0.15) is 0 Å². The summed E-state index contributed by atoms with van der Waals surface area (Å²) in [5.74, 6) is 0.196. The number of amides is 2.